The molecule has 0 amide bonds. The van der Waals surface area contributed by atoms with Crippen LogP contribution in [0.3, 0.4) is 0 Å². The minimum atomic E-state index is 0.219. The van der Waals surface area contributed by atoms with Gasteiger partial charge in [-0.25, -0.2) is 0 Å². The van der Waals surface area contributed by atoms with Gasteiger partial charge in [0.05, 0.1) is 0 Å². The highest BCUT2D eigenvalue weighted by molar-refractivity contribution is 5.74. The van der Waals surface area contributed by atoms with Gasteiger partial charge in [-0.2, -0.15) is 4.89 Å². The van der Waals surface area contributed by atoms with E-state index in [0.29, 0.717) is 5.57 Å². The van der Waals surface area contributed by atoms with Crippen LogP contribution in [0.5, 0.6) is 0 Å². The maximum atomic E-state index is 10.1. The lowest BCUT2D eigenvalue weighted by Crippen LogP contribution is -1.94. The Kier molecular flexibility index (Phi) is 2.04. The summed E-state index contributed by atoms with van der Waals surface area (Å²) < 4.78 is 0. The fraction of sp³-hybridized carbons (Fsp3) is 0.167. The quantitative estimate of drug-likeness (QED) is 0.381. The van der Waals surface area contributed by atoms with Gasteiger partial charge in [0, 0.05) is 5.57 Å². The van der Waals surface area contributed by atoms with Crippen LogP contribution in [-0.4, -0.2) is 12.9 Å². The van der Waals surface area contributed by atoms with Gasteiger partial charge in [0.25, 0.3) is 0 Å². The van der Waals surface area contributed by atoms with Crippen LogP contribution in [0.2, 0.25) is 0 Å². The lowest BCUT2D eigenvalue weighted by atomic mass is 10.3. The second-order valence-electron chi connectivity index (χ2n) is 1.55. The van der Waals surface area contributed by atoms with Gasteiger partial charge in [-0.15, -0.1) is 0 Å². The molecule has 1 heterocycles. The van der Waals surface area contributed by atoms with Crippen molar-refractivity contribution in [2.75, 3.05) is 6.61 Å². The zero-order chi connectivity index (χ0) is 6.53. The summed E-state index contributed by atoms with van der Waals surface area (Å²) in [6.45, 7) is 0.219. The second kappa shape index (κ2) is 3.04. The molecule has 3 heteroatoms. The van der Waals surface area contributed by atoms with E-state index in [1.54, 1.807) is 12.2 Å². The van der Waals surface area contributed by atoms with Gasteiger partial charge in [0.1, 0.15) is 19.2 Å². The molecule has 3 nitrogen and oxygen atoms in total. The van der Waals surface area contributed by atoms with Crippen molar-refractivity contribution in [2.24, 2.45) is 0 Å². The Labute approximate surface area is 52.5 Å². The maximum Gasteiger partial charge on any atom is 0.148 e. The van der Waals surface area contributed by atoms with Crippen LogP contribution in [0, 0.1) is 0 Å². The molecule has 0 fully saturated rings. The zero-order valence-electron chi connectivity index (χ0n) is 4.74. The van der Waals surface area contributed by atoms with E-state index >= 15 is 0 Å². The average Bonchev–Trinajstić information content (AvgIpc) is 2.13. The third-order valence-corrected chi connectivity index (χ3v) is 0.889. The summed E-state index contributed by atoms with van der Waals surface area (Å²) in [4.78, 5) is 19.0. The molecular formula is C6H6O3. The molecule has 0 saturated carbocycles. The standard InChI is InChI=1S/C6H6O3/c7-4-6-2-1-3-8-9-5-6/h1-4H,5H2. The van der Waals surface area contributed by atoms with Crippen molar-refractivity contribution in [1.29, 1.82) is 0 Å². The third kappa shape index (κ3) is 1.70. The van der Waals surface area contributed by atoms with Crippen molar-refractivity contribution < 1.29 is 14.6 Å². The molecule has 0 saturated heterocycles. The first kappa shape index (κ1) is 6.04. The highest BCUT2D eigenvalue weighted by Crippen LogP contribution is 1.97. The molecule has 1 rings (SSSR count). The van der Waals surface area contributed by atoms with E-state index in [0.717, 1.165) is 6.29 Å². The van der Waals surface area contributed by atoms with E-state index < -0.39 is 0 Å². The number of allylic oxidation sites excluding steroid dienone is 2. The minimum Gasteiger partial charge on any atom is -0.345 e. The fourth-order valence-corrected chi connectivity index (χ4v) is 0.458. The molecule has 0 radical (unpaired) electrons. The fourth-order valence-electron chi connectivity index (χ4n) is 0.458. The molecule has 0 aromatic rings. The van der Waals surface area contributed by atoms with Crippen LogP contribution in [0.15, 0.2) is 24.0 Å². The van der Waals surface area contributed by atoms with Crippen LogP contribution in [-0.2, 0) is 14.6 Å². The molecule has 0 bridgehead atoms. The van der Waals surface area contributed by atoms with Gasteiger partial charge in [-0.05, 0) is 6.08 Å². The largest absolute Gasteiger partial charge is 0.345 e. The molecule has 9 heavy (non-hydrogen) atoms. The Hall–Kier alpha value is -1.09. The molecule has 0 unspecified atom stereocenters. The predicted molar refractivity (Wildman–Crippen MR) is 30.3 cm³/mol. The minimum absolute atomic E-state index is 0.219. The van der Waals surface area contributed by atoms with Crippen molar-refractivity contribution in [3.63, 3.8) is 0 Å². The predicted octanol–water partition coefficient (Wildman–Crippen LogP) is 0.587. The molecule has 1 aliphatic heterocycles. The van der Waals surface area contributed by atoms with Gasteiger partial charge < -0.3 is 4.89 Å². The lowest BCUT2D eigenvalue weighted by molar-refractivity contribution is -0.239. The van der Waals surface area contributed by atoms with Gasteiger partial charge in [0.2, 0.25) is 0 Å². The van der Waals surface area contributed by atoms with E-state index in [9.17, 15) is 4.79 Å². The Morgan fingerprint density at radius 1 is 1.67 bits per heavy atom. The summed E-state index contributed by atoms with van der Waals surface area (Å²) in [5.41, 5.74) is 0.573. The van der Waals surface area contributed by atoms with Gasteiger partial charge in [0.15, 0.2) is 0 Å². The highest BCUT2D eigenvalue weighted by Gasteiger charge is 1.96. The molecule has 0 aliphatic carbocycles. The van der Waals surface area contributed by atoms with Crippen molar-refractivity contribution >= 4 is 6.29 Å². The molecular weight excluding hydrogens is 120 g/mol. The number of aldehydes is 1. The van der Waals surface area contributed by atoms with E-state index in [2.05, 4.69) is 9.78 Å². The summed E-state index contributed by atoms with van der Waals surface area (Å²) in [5, 5.41) is 0. The van der Waals surface area contributed by atoms with Crippen molar-refractivity contribution in [1.82, 2.24) is 0 Å². The highest BCUT2D eigenvalue weighted by atomic mass is 17.2. The van der Waals surface area contributed by atoms with Crippen LogP contribution in [0.25, 0.3) is 0 Å². The summed E-state index contributed by atoms with van der Waals surface area (Å²) in [6.07, 6.45) is 5.35. The number of rotatable bonds is 1. The first-order chi connectivity index (χ1) is 4.43. The number of hydrogen-bond acceptors (Lipinski definition) is 3. The van der Waals surface area contributed by atoms with Crippen molar-refractivity contribution in [3.8, 4) is 0 Å². The van der Waals surface area contributed by atoms with Crippen LogP contribution in [0.1, 0.15) is 0 Å². The number of hydrogen-bond donors (Lipinski definition) is 0. The van der Waals surface area contributed by atoms with E-state index in [1.807, 2.05) is 0 Å². The summed E-state index contributed by atoms with van der Waals surface area (Å²) in [6, 6.07) is 0. The maximum absolute atomic E-state index is 10.1. The van der Waals surface area contributed by atoms with Crippen molar-refractivity contribution in [3.05, 3.63) is 24.0 Å². The Bertz CT molecular complexity index is 158. The first-order valence-electron chi connectivity index (χ1n) is 2.52. The smallest absolute Gasteiger partial charge is 0.148 e. The van der Waals surface area contributed by atoms with Crippen LogP contribution < -0.4 is 0 Å². The Balaban J connectivity index is 2.59. The molecule has 0 N–H and O–H groups in total. The summed E-state index contributed by atoms with van der Waals surface area (Å²) in [7, 11) is 0. The Morgan fingerprint density at radius 3 is 3.33 bits per heavy atom. The monoisotopic (exact) mass is 126 g/mol. The van der Waals surface area contributed by atoms with Crippen LogP contribution >= 0.6 is 0 Å². The normalized spacial score (nSPS) is 17.6. The molecule has 0 aromatic heterocycles. The summed E-state index contributed by atoms with van der Waals surface area (Å²) in [5.74, 6) is 0. The topological polar surface area (TPSA) is 35.5 Å². The molecule has 0 atom stereocenters. The zero-order valence-corrected chi connectivity index (χ0v) is 4.74. The molecule has 48 valence electrons. The van der Waals surface area contributed by atoms with E-state index in [1.165, 1.54) is 6.26 Å². The molecule has 1 aliphatic rings. The SMILES string of the molecule is O=CC1=CC=COOC1. The first-order valence-corrected chi connectivity index (χ1v) is 2.52. The van der Waals surface area contributed by atoms with E-state index in [-0.39, 0.29) is 6.61 Å². The van der Waals surface area contributed by atoms with Gasteiger partial charge in [-0.1, -0.05) is 6.08 Å². The molecule has 0 spiro atoms. The Morgan fingerprint density at radius 2 is 2.56 bits per heavy atom. The average molecular weight is 126 g/mol. The second-order valence-corrected chi connectivity index (χ2v) is 1.55. The molecule has 0 aromatic carbocycles. The van der Waals surface area contributed by atoms with E-state index in [4.69, 9.17) is 0 Å². The number of carbonyl (C=O) groups excluding carboxylic acids is 1. The van der Waals surface area contributed by atoms with Gasteiger partial charge >= 0.3 is 0 Å². The van der Waals surface area contributed by atoms with Crippen LogP contribution in [0.4, 0.5) is 0 Å². The lowest BCUT2D eigenvalue weighted by Gasteiger charge is -1.94. The van der Waals surface area contributed by atoms with Gasteiger partial charge in [-0.3, -0.25) is 4.79 Å². The number of carbonyl (C=O) groups is 1. The summed E-state index contributed by atoms with van der Waals surface area (Å²) >= 11 is 0. The third-order valence-electron chi connectivity index (χ3n) is 0.889. The van der Waals surface area contributed by atoms with Crippen molar-refractivity contribution in [2.45, 2.75) is 0 Å².